The maximum absolute atomic E-state index is 6.35. The third-order valence-electron chi connectivity index (χ3n) is 4.99. The fraction of sp³-hybridized carbons (Fsp3) is 0.450. The van der Waals surface area contributed by atoms with E-state index in [-0.39, 0.29) is 0 Å². The molecule has 1 fully saturated rings. The number of halogens is 1. The summed E-state index contributed by atoms with van der Waals surface area (Å²) in [5, 5.41) is 0.757. The number of fused-ring (bicyclic) bond motifs is 1. The summed E-state index contributed by atoms with van der Waals surface area (Å²) in [6.45, 7) is 4.91. The lowest BCUT2D eigenvalue weighted by Gasteiger charge is -2.09. The van der Waals surface area contributed by atoms with Gasteiger partial charge in [-0.15, -0.1) is 0 Å². The number of hydrogen-bond donors (Lipinski definition) is 1. The fourth-order valence-electron chi connectivity index (χ4n) is 3.49. The fourth-order valence-corrected chi connectivity index (χ4v) is 3.69. The van der Waals surface area contributed by atoms with Crippen molar-refractivity contribution >= 4 is 22.8 Å². The van der Waals surface area contributed by atoms with Crippen LogP contribution in [-0.4, -0.2) is 25.6 Å². The van der Waals surface area contributed by atoms with Gasteiger partial charge in [-0.25, -0.2) is 9.97 Å². The third-order valence-corrected chi connectivity index (χ3v) is 5.36. The molecule has 2 aromatic heterocycles. The van der Waals surface area contributed by atoms with Crippen LogP contribution in [-0.2, 0) is 6.54 Å². The molecule has 1 saturated carbocycles. The Morgan fingerprint density at radius 1 is 1.27 bits per heavy atom. The second-order valence-electron chi connectivity index (χ2n) is 7.33. The van der Waals surface area contributed by atoms with Crippen molar-refractivity contribution in [3.63, 3.8) is 0 Å². The van der Waals surface area contributed by atoms with Gasteiger partial charge in [0.15, 0.2) is 11.1 Å². The second-order valence-corrected chi connectivity index (χ2v) is 7.74. The molecule has 1 N–H and O–H groups in total. The second kappa shape index (κ2) is 7.23. The maximum atomic E-state index is 6.35. The molecule has 0 amide bonds. The molecule has 2 heterocycles. The molecule has 0 saturated heterocycles. The summed E-state index contributed by atoms with van der Waals surface area (Å²) in [7, 11) is 0. The van der Waals surface area contributed by atoms with Gasteiger partial charge in [0.1, 0.15) is 11.3 Å². The highest BCUT2D eigenvalue weighted by Crippen LogP contribution is 2.22. The Bertz CT molecular complexity index is 979. The van der Waals surface area contributed by atoms with Crippen LogP contribution in [0.2, 0.25) is 5.02 Å². The summed E-state index contributed by atoms with van der Waals surface area (Å²) in [5.41, 5.74) is 3.65. The van der Waals surface area contributed by atoms with Gasteiger partial charge in [0.05, 0.1) is 18.9 Å². The van der Waals surface area contributed by atoms with Gasteiger partial charge in [0, 0.05) is 10.9 Å². The number of benzene rings is 1. The number of nitrogens with zero attached hydrogens (tertiary/aromatic N) is 4. The minimum atomic E-state index is 0.315. The predicted octanol–water partition coefficient (Wildman–Crippen LogP) is 4.43. The van der Waals surface area contributed by atoms with Crippen molar-refractivity contribution in [1.29, 1.82) is 0 Å². The largest absolute Gasteiger partial charge is 0.337 e. The van der Waals surface area contributed by atoms with Crippen molar-refractivity contribution in [2.45, 2.75) is 58.0 Å². The number of hydrogen-bond acceptors (Lipinski definition) is 3. The highest BCUT2D eigenvalue weighted by molar-refractivity contribution is 6.31. The Balaban J connectivity index is 1.83. The molecule has 26 heavy (non-hydrogen) atoms. The van der Waals surface area contributed by atoms with Gasteiger partial charge in [0.2, 0.25) is 0 Å². The monoisotopic (exact) mass is 369 g/mol. The number of H-pyrrole nitrogens is 1. The summed E-state index contributed by atoms with van der Waals surface area (Å²) in [6, 6.07) is 8.28. The molecule has 4 rings (SSSR count). The van der Waals surface area contributed by atoms with Gasteiger partial charge < -0.3 is 9.55 Å². The number of nitrogens with one attached hydrogen (secondary N) is 1. The highest BCUT2D eigenvalue weighted by Gasteiger charge is 2.16. The quantitative estimate of drug-likeness (QED) is 0.739. The maximum Gasteiger partial charge on any atom is 0.176 e. The number of imidazole rings is 1. The summed E-state index contributed by atoms with van der Waals surface area (Å²) in [5.74, 6) is 1.28. The third kappa shape index (κ3) is 3.40. The topological polar surface area (TPSA) is 58.9 Å². The molecule has 0 spiro atoms. The number of rotatable bonds is 4. The average Bonchev–Trinajstić information content (AvgIpc) is 3.28. The van der Waals surface area contributed by atoms with Crippen molar-refractivity contribution < 1.29 is 0 Å². The molecule has 1 aromatic carbocycles. The van der Waals surface area contributed by atoms with E-state index in [1.54, 1.807) is 0 Å². The molecular weight excluding hydrogens is 346 g/mol. The van der Waals surface area contributed by atoms with E-state index in [1.807, 2.05) is 35.2 Å². The van der Waals surface area contributed by atoms with E-state index in [2.05, 4.69) is 23.8 Å². The molecule has 3 aromatic rings. The van der Waals surface area contributed by atoms with Gasteiger partial charge >= 0.3 is 0 Å². The molecule has 5 nitrogen and oxygen atoms in total. The van der Waals surface area contributed by atoms with Crippen LogP contribution < -0.4 is 5.49 Å². The number of aromatic amines is 1. The van der Waals surface area contributed by atoms with Crippen LogP contribution in [0.5, 0.6) is 0 Å². The Kier molecular flexibility index (Phi) is 4.81. The standard InChI is InChI=1S/C20H24ClN5/c1-13(2)18-24-17-19(23-15-8-4-5-9-15)22-12-26(20(17)25-18)11-14-7-3-6-10-16(14)21/h3,6-7,10,12-13,15H,4-5,8-9,11H2,1-2H3,(H,24,25). The molecule has 1 aliphatic carbocycles. The average molecular weight is 370 g/mol. The lowest BCUT2D eigenvalue weighted by molar-refractivity contribution is 0.676. The van der Waals surface area contributed by atoms with E-state index in [0.29, 0.717) is 18.5 Å². The van der Waals surface area contributed by atoms with Gasteiger partial charge in [-0.1, -0.05) is 56.5 Å². The zero-order valence-corrected chi connectivity index (χ0v) is 16.0. The Morgan fingerprint density at radius 3 is 2.77 bits per heavy atom. The normalized spacial score (nSPS) is 16.2. The van der Waals surface area contributed by atoms with E-state index < -0.39 is 0 Å². The van der Waals surface area contributed by atoms with Crippen LogP contribution in [0.3, 0.4) is 0 Å². The lowest BCUT2D eigenvalue weighted by Crippen LogP contribution is -2.17. The molecule has 6 heteroatoms. The summed E-state index contributed by atoms with van der Waals surface area (Å²) < 4.78 is 2.05. The van der Waals surface area contributed by atoms with Gasteiger partial charge in [-0.2, -0.15) is 0 Å². The van der Waals surface area contributed by atoms with Crippen molar-refractivity contribution in [2.75, 3.05) is 0 Å². The number of aromatic nitrogens is 4. The summed E-state index contributed by atoms with van der Waals surface area (Å²) in [6.07, 6.45) is 6.67. The van der Waals surface area contributed by atoms with Crippen molar-refractivity contribution in [2.24, 2.45) is 4.99 Å². The smallest absolute Gasteiger partial charge is 0.176 e. The molecule has 0 radical (unpaired) electrons. The van der Waals surface area contributed by atoms with Crippen LogP contribution in [0.15, 0.2) is 35.6 Å². The van der Waals surface area contributed by atoms with Crippen molar-refractivity contribution in [3.8, 4) is 0 Å². The van der Waals surface area contributed by atoms with Crippen LogP contribution in [0.4, 0.5) is 0 Å². The first-order chi connectivity index (χ1) is 12.6. The minimum absolute atomic E-state index is 0.315. The SMILES string of the molecule is CC(C)c1nc2c([nH]1)c(=NC1CCCC1)ncn2Cc1ccccc1Cl. The Hall–Kier alpha value is -2.14. The zero-order chi connectivity index (χ0) is 18.1. The molecular formula is C20H24ClN5. The Morgan fingerprint density at radius 2 is 2.04 bits per heavy atom. The zero-order valence-electron chi connectivity index (χ0n) is 15.2. The van der Waals surface area contributed by atoms with Crippen LogP contribution in [0.25, 0.3) is 11.2 Å². The molecule has 0 atom stereocenters. The molecule has 0 aliphatic heterocycles. The van der Waals surface area contributed by atoms with Crippen molar-refractivity contribution in [3.05, 3.63) is 52.5 Å². The van der Waals surface area contributed by atoms with E-state index >= 15 is 0 Å². The molecule has 1 aliphatic rings. The van der Waals surface area contributed by atoms with Crippen LogP contribution >= 0.6 is 11.6 Å². The van der Waals surface area contributed by atoms with Gasteiger partial charge in [0.25, 0.3) is 0 Å². The summed E-state index contributed by atoms with van der Waals surface area (Å²) in [4.78, 5) is 17.8. The molecule has 136 valence electrons. The van der Waals surface area contributed by atoms with Gasteiger partial charge in [-0.3, -0.25) is 4.99 Å². The van der Waals surface area contributed by atoms with E-state index in [9.17, 15) is 0 Å². The lowest BCUT2D eigenvalue weighted by atomic mass is 10.2. The summed E-state index contributed by atoms with van der Waals surface area (Å²) >= 11 is 6.35. The van der Waals surface area contributed by atoms with Gasteiger partial charge in [-0.05, 0) is 24.5 Å². The first-order valence-electron chi connectivity index (χ1n) is 9.34. The van der Waals surface area contributed by atoms with E-state index in [4.69, 9.17) is 21.6 Å². The van der Waals surface area contributed by atoms with Crippen LogP contribution in [0, 0.1) is 0 Å². The van der Waals surface area contributed by atoms with Crippen molar-refractivity contribution in [1.82, 2.24) is 19.5 Å². The van der Waals surface area contributed by atoms with Crippen LogP contribution in [0.1, 0.15) is 56.8 Å². The first kappa shape index (κ1) is 17.3. The predicted molar refractivity (Wildman–Crippen MR) is 104 cm³/mol. The first-order valence-corrected chi connectivity index (χ1v) is 9.72. The van der Waals surface area contributed by atoms with E-state index in [0.717, 1.165) is 45.9 Å². The Labute approximate surface area is 158 Å². The minimum Gasteiger partial charge on any atom is -0.337 e. The molecule has 0 unspecified atom stereocenters. The highest BCUT2D eigenvalue weighted by atomic mass is 35.5. The van der Waals surface area contributed by atoms with E-state index in [1.165, 1.54) is 12.8 Å². The molecule has 0 bridgehead atoms.